The molecule has 4 aromatic rings. The van der Waals surface area contributed by atoms with E-state index in [2.05, 4.69) is 16.9 Å². The van der Waals surface area contributed by atoms with Gasteiger partial charge in [0.15, 0.2) is 5.76 Å². The normalized spacial score (nSPS) is 12.8. The minimum absolute atomic E-state index is 0.121. The lowest BCUT2D eigenvalue weighted by atomic mass is 10.0. The van der Waals surface area contributed by atoms with Crippen molar-refractivity contribution >= 4 is 17.5 Å². The number of hydrogen-bond donors (Lipinski definition) is 1. The molecule has 39 heavy (non-hydrogen) atoms. The van der Waals surface area contributed by atoms with E-state index in [0.717, 1.165) is 16.7 Å². The maximum atomic E-state index is 13.9. The number of allylic oxidation sites excluding steroid dienone is 3. The van der Waals surface area contributed by atoms with E-state index in [0.29, 0.717) is 11.3 Å². The Morgan fingerprint density at radius 2 is 1.69 bits per heavy atom. The van der Waals surface area contributed by atoms with E-state index in [1.807, 2.05) is 92.7 Å². The van der Waals surface area contributed by atoms with Crippen LogP contribution in [0.25, 0.3) is 11.1 Å². The van der Waals surface area contributed by atoms with Crippen molar-refractivity contribution in [2.45, 2.75) is 25.9 Å². The van der Waals surface area contributed by atoms with Crippen LogP contribution in [-0.2, 0) is 4.79 Å². The highest BCUT2D eigenvalue weighted by molar-refractivity contribution is 6.08. The Bertz CT molecular complexity index is 1440. The van der Waals surface area contributed by atoms with Gasteiger partial charge in [-0.1, -0.05) is 79.4 Å². The molecule has 0 aliphatic rings. The Morgan fingerprint density at radius 3 is 2.33 bits per heavy atom. The number of carbonyl (C=O) groups is 2. The minimum Gasteiger partial charge on any atom is -0.459 e. The predicted molar refractivity (Wildman–Crippen MR) is 155 cm³/mol. The molecule has 1 N–H and O–H groups in total. The second-order valence-corrected chi connectivity index (χ2v) is 8.94. The fraction of sp³-hybridized carbons (Fsp3) is 0.121. The molecule has 2 aromatic carbocycles. The number of carbonyl (C=O) groups excluding carboxylic acids is 2. The van der Waals surface area contributed by atoms with Gasteiger partial charge in [-0.3, -0.25) is 19.5 Å². The predicted octanol–water partition coefficient (Wildman–Crippen LogP) is 6.92. The van der Waals surface area contributed by atoms with Crippen LogP contribution in [0.3, 0.4) is 0 Å². The van der Waals surface area contributed by atoms with Crippen LogP contribution >= 0.6 is 0 Å². The van der Waals surface area contributed by atoms with Crippen LogP contribution in [0.2, 0.25) is 0 Å². The number of rotatable bonds is 10. The Kier molecular flexibility index (Phi) is 9.03. The van der Waals surface area contributed by atoms with Gasteiger partial charge >= 0.3 is 0 Å². The van der Waals surface area contributed by atoms with Gasteiger partial charge in [0.05, 0.1) is 12.3 Å². The number of aromatic nitrogens is 1. The number of benzene rings is 2. The second-order valence-electron chi connectivity index (χ2n) is 8.94. The standard InChI is InChI=1S/C33H31N3O3/c1-4-5-7-12-24(2)25(3)35-32(37)31(28-15-10-21-34-23-28)36(33(38)30-16-11-22-39-30)29-19-17-27(18-20-29)26-13-8-6-9-14-26/h4-23,25,31H,2H2,1,3H3,(H,35,37)/b5-4-,12-7-. The van der Waals surface area contributed by atoms with Crippen molar-refractivity contribution in [1.29, 1.82) is 0 Å². The monoisotopic (exact) mass is 517 g/mol. The molecule has 4 rings (SSSR count). The zero-order valence-corrected chi connectivity index (χ0v) is 22.0. The Morgan fingerprint density at radius 1 is 0.949 bits per heavy atom. The van der Waals surface area contributed by atoms with Crippen molar-refractivity contribution in [3.05, 3.63) is 145 Å². The van der Waals surface area contributed by atoms with Crippen LogP contribution in [0.15, 0.2) is 138 Å². The molecule has 0 bridgehead atoms. The zero-order chi connectivity index (χ0) is 27.6. The summed E-state index contributed by atoms with van der Waals surface area (Å²) in [5, 5.41) is 3.03. The van der Waals surface area contributed by atoms with E-state index >= 15 is 0 Å². The van der Waals surface area contributed by atoms with Gasteiger partial charge in [0, 0.05) is 23.6 Å². The number of nitrogens with one attached hydrogen (secondary N) is 1. The van der Waals surface area contributed by atoms with Crippen LogP contribution in [0.1, 0.15) is 36.0 Å². The molecule has 0 spiro atoms. The summed E-state index contributed by atoms with van der Waals surface area (Å²) < 4.78 is 5.46. The molecule has 2 heterocycles. The van der Waals surface area contributed by atoms with Crippen molar-refractivity contribution in [3.8, 4) is 11.1 Å². The maximum absolute atomic E-state index is 13.9. The number of anilines is 1. The van der Waals surface area contributed by atoms with E-state index in [9.17, 15) is 9.59 Å². The Labute approximate surface area is 229 Å². The van der Waals surface area contributed by atoms with Crippen molar-refractivity contribution in [3.63, 3.8) is 0 Å². The molecule has 6 heteroatoms. The molecule has 196 valence electrons. The minimum atomic E-state index is -1.02. The number of nitrogens with zero attached hydrogens (tertiary/aromatic N) is 2. The topological polar surface area (TPSA) is 75.4 Å². The SMILES string of the molecule is C=C(/C=C\C=C/C)C(C)NC(=O)C(c1cccnc1)N(C(=O)c1ccco1)c1ccc(-c2ccccc2)cc1. The van der Waals surface area contributed by atoms with Crippen molar-refractivity contribution < 1.29 is 14.0 Å². The number of pyridine rings is 1. The lowest BCUT2D eigenvalue weighted by Gasteiger charge is -2.31. The second kappa shape index (κ2) is 13.0. The molecule has 0 saturated heterocycles. The first-order valence-corrected chi connectivity index (χ1v) is 12.7. The van der Waals surface area contributed by atoms with Gasteiger partial charge in [-0.25, -0.2) is 0 Å². The molecule has 0 aliphatic heterocycles. The molecule has 0 saturated carbocycles. The highest BCUT2D eigenvalue weighted by Gasteiger charge is 2.35. The van der Waals surface area contributed by atoms with Crippen molar-refractivity contribution in [2.24, 2.45) is 0 Å². The number of furan rings is 1. The van der Waals surface area contributed by atoms with Gasteiger partial charge in [-0.05, 0) is 60.9 Å². The first kappa shape index (κ1) is 27.1. The third kappa shape index (κ3) is 6.67. The average molecular weight is 518 g/mol. The first-order chi connectivity index (χ1) is 19.0. The van der Waals surface area contributed by atoms with E-state index in [-0.39, 0.29) is 17.7 Å². The van der Waals surface area contributed by atoms with Gasteiger partial charge in [0.2, 0.25) is 5.91 Å². The molecule has 0 fully saturated rings. The van der Waals surface area contributed by atoms with Gasteiger partial charge in [0.25, 0.3) is 5.91 Å². The van der Waals surface area contributed by atoms with Crippen molar-refractivity contribution in [2.75, 3.05) is 4.90 Å². The summed E-state index contributed by atoms with van der Waals surface area (Å²) in [6.45, 7) is 7.86. The quantitative estimate of drug-likeness (QED) is 0.232. The fourth-order valence-corrected chi connectivity index (χ4v) is 4.12. The van der Waals surface area contributed by atoms with Crippen LogP contribution in [0.4, 0.5) is 5.69 Å². The molecule has 2 unspecified atom stereocenters. The largest absolute Gasteiger partial charge is 0.459 e. The lowest BCUT2D eigenvalue weighted by Crippen LogP contribution is -2.46. The number of amides is 2. The molecule has 2 atom stereocenters. The van der Waals surface area contributed by atoms with Gasteiger partial charge in [-0.2, -0.15) is 0 Å². The Hall–Kier alpha value is -4.97. The summed E-state index contributed by atoms with van der Waals surface area (Å²) in [5.74, 6) is -0.699. The lowest BCUT2D eigenvalue weighted by molar-refractivity contribution is -0.122. The third-order valence-corrected chi connectivity index (χ3v) is 6.24. The Balaban J connectivity index is 1.75. The molecular formula is C33H31N3O3. The zero-order valence-electron chi connectivity index (χ0n) is 22.0. The van der Waals surface area contributed by atoms with E-state index in [4.69, 9.17) is 4.42 Å². The summed E-state index contributed by atoms with van der Waals surface area (Å²) in [7, 11) is 0. The van der Waals surface area contributed by atoms with Gasteiger partial charge < -0.3 is 9.73 Å². The first-order valence-electron chi connectivity index (χ1n) is 12.7. The highest BCUT2D eigenvalue weighted by atomic mass is 16.3. The maximum Gasteiger partial charge on any atom is 0.294 e. The summed E-state index contributed by atoms with van der Waals surface area (Å²) in [6.07, 6.45) is 12.2. The molecule has 0 aliphatic carbocycles. The highest BCUT2D eigenvalue weighted by Crippen LogP contribution is 2.32. The molecule has 2 aromatic heterocycles. The summed E-state index contributed by atoms with van der Waals surface area (Å²) in [6, 6.07) is 22.8. The molecule has 0 radical (unpaired) electrons. The van der Waals surface area contributed by atoms with E-state index in [1.54, 1.807) is 36.7 Å². The van der Waals surface area contributed by atoms with E-state index < -0.39 is 11.9 Å². The smallest absolute Gasteiger partial charge is 0.294 e. The van der Waals surface area contributed by atoms with Crippen LogP contribution in [0, 0.1) is 0 Å². The number of hydrogen-bond acceptors (Lipinski definition) is 4. The summed E-state index contributed by atoms with van der Waals surface area (Å²) in [4.78, 5) is 33.5. The van der Waals surface area contributed by atoms with Gasteiger partial charge in [0.1, 0.15) is 6.04 Å². The third-order valence-electron chi connectivity index (χ3n) is 6.24. The fourth-order valence-electron chi connectivity index (χ4n) is 4.12. The summed E-state index contributed by atoms with van der Waals surface area (Å²) in [5.41, 5.74) is 3.86. The van der Waals surface area contributed by atoms with Gasteiger partial charge in [-0.15, -0.1) is 0 Å². The van der Waals surface area contributed by atoms with Crippen molar-refractivity contribution in [1.82, 2.24) is 10.3 Å². The molecule has 2 amide bonds. The summed E-state index contributed by atoms with van der Waals surface area (Å²) >= 11 is 0. The average Bonchev–Trinajstić information content (AvgIpc) is 3.52. The van der Waals surface area contributed by atoms with E-state index in [1.165, 1.54) is 11.2 Å². The molecular weight excluding hydrogens is 486 g/mol. The molecule has 6 nitrogen and oxygen atoms in total. The van der Waals surface area contributed by atoms with Crippen LogP contribution in [0.5, 0.6) is 0 Å². The van der Waals surface area contributed by atoms with Crippen LogP contribution < -0.4 is 10.2 Å². The van der Waals surface area contributed by atoms with Crippen LogP contribution in [-0.4, -0.2) is 22.8 Å².